The lowest BCUT2D eigenvalue weighted by atomic mass is 9.86. The first kappa shape index (κ1) is 29.7. The van der Waals surface area contributed by atoms with E-state index in [4.69, 9.17) is 11.2 Å². The van der Waals surface area contributed by atoms with Crippen LogP contribution in [0.2, 0.25) is 0 Å². The second kappa shape index (κ2) is 13.1. The van der Waals surface area contributed by atoms with Crippen LogP contribution in [0.5, 0.6) is 0 Å². The fourth-order valence-corrected chi connectivity index (χ4v) is 4.12. The van der Waals surface area contributed by atoms with Crippen molar-refractivity contribution in [1.82, 2.24) is 15.5 Å². The van der Waals surface area contributed by atoms with Crippen LogP contribution in [-0.2, 0) is 23.9 Å². The minimum Gasteiger partial charge on any atom is -0.468 e. The Hall–Kier alpha value is -3.54. The second-order valence-corrected chi connectivity index (χ2v) is 10.6. The van der Waals surface area contributed by atoms with Gasteiger partial charge in [-0.25, -0.2) is 4.79 Å². The number of hydrogen-bond acceptors (Lipinski definition) is 6. The summed E-state index contributed by atoms with van der Waals surface area (Å²) in [5.74, 6) is 1.07. The van der Waals surface area contributed by atoms with Crippen molar-refractivity contribution in [3.8, 4) is 12.3 Å². The van der Waals surface area contributed by atoms with Crippen LogP contribution in [0.4, 0.5) is 4.79 Å². The van der Waals surface area contributed by atoms with Gasteiger partial charge in [0.2, 0.25) is 11.8 Å². The zero-order valence-electron chi connectivity index (χ0n) is 22.6. The van der Waals surface area contributed by atoms with Crippen LogP contribution in [0.3, 0.4) is 0 Å². The van der Waals surface area contributed by atoms with E-state index >= 15 is 0 Å². The zero-order valence-corrected chi connectivity index (χ0v) is 22.6. The number of nitrogens with one attached hydrogen (secondary N) is 2. The van der Waals surface area contributed by atoms with E-state index in [1.54, 1.807) is 45.0 Å². The van der Waals surface area contributed by atoms with E-state index in [0.29, 0.717) is 30.4 Å². The summed E-state index contributed by atoms with van der Waals surface area (Å²) in [5, 5.41) is 5.31. The molecule has 9 heteroatoms. The van der Waals surface area contributed by atoms with Crippen molar-refractivity contribution in [2.75, 3.05) is 13.7 Å². The first-order valence-electron chi connectivity index (χ1n) is 12.6. The van der Waals surface area contributed by atoms with E-state index in [9.17, 15) is 19.2 Å². The first-order valence-corrected chi connectivity index (χ1v) is 12.6. The smallest absolute Gasteiger partial charge is 0.408 e. The van der Waals surface area contributed by atoms with Crippen LogP contribution in [-0.4, -0.2) is 60.1 Å². The summed E-state index contributed by atoms with van der Waals surface area (Å²) in [6.07, 6.45) is 7.68. The number of benzene rings is 1. The van der Waals surface area contributed by atoms with Crippen LogP contribution in [0.1, 0.15) is 77.5 Å². The molecule has 0 bridgehead atoms. The fourth-order valence-electron chi connectivity index (χ4n) is 4.12. The summed E-state index contributed by atoms with van der Waals surface area (Å²) in [6, 6.07) is 4.63. The summed E-state index contributed by atoms with van der Waals surface area (Å²) in [7, 11) is 1.22. The van der Waals surface area contributed by atoms with Gasteiger partial charge in [0.05, 0.1) is 7.11 Å². The number of nitrogens with zero attached hydrogens (tertiary/aromatic N) is 1. The number of terminal acetylenes is 1. The quantitative estimate of drug-likeness (QED) is 0.367. The SMILES string of the molecule is C#Cc1ccccc1C(C(=O)NCC(=O)OC)N(C(=O)C(CC(C)C)NC(=O)OC(C)(C)C)C1CCC1. The second-order valence-electron chi connectivity index (χ2n) is 10.6. The normalized spacial score (nSPS) is 15.0. The third-order valence-corrected chi connectivity index (χ3v) is 5.99. The average Bonchev–Trinajstić information content (AvgIpc) is 2.78. The Morgan fingerprint density at radius 3 is 2.32 bits per heavy atom. The molecule has 1 saturated carbocycles. The topological polar surface area (TPSA) is 114 Å². The molecule has 1 aliphatic rings. The number of carbonyl (C=O) groups is 4. The van der Waals surface area contributed by atoms with Crippen molar-refractivity contribution in [3.05, 3.63) is 35.4 Å². The van der Waals surface area contributed by atoms with Gasteiger partial charge in [0.1, 0.15) is 24.2 Å². The van der Waals surface area contributed by atoms with E-state index in [0.717, 1.165) is 6.42 Å². The summed E-state index contributed by atoms with van der Waals surface area (Å²) in [5.41, 5.74) is 0.178. The van der Waals surface area contributed by atoms with Crippen LogP contribution in [0.15, 0.2) is 24.3 Å². The van der Waals surface area contributed by atoms with Gasteiger partial charge in [-0.3, -0.25) is 14.4 Å². The highest BCUT2D eigenvalue weighted by Gasteiger charge is 2.42. The largest absolute Gasteiger partial charge is 0.468 e. The Morgan fingerprint density at radius 1 is 1.16 bits per heavy atom. The molecule has 2 N–H and O–H groups in total. The molecule has 3 amide bonds. The first-order chi connectivity index (χ1) is 17.4. The third-order valence-electron chi connectivity index (χ3n) is 5.99. The fraction of sp³-hybridized carbons (Fsp3) is 0.571. The molecule has 37 heavy (non-hydrogen) atoms. The Kier molecular flexibility index (Phi) is 10.5. The Balaban J connectivity index is 2.53. The molecule has 0 aliphatic heterocycles. The lowest BCUT2D eigenvalue weighted by Gasteiger charge is -2.44. The third kappa shape index (κ3) is 8.52. The van der Waals surface area contributed by atoms with Gasteiger partial charge in [-0.1, -0.05) is 38.0 Å². The molecule has 0 spiro atoms. The number of amides is 3. The molecule has 0 saturated heterocycles. The standard InChI is InChI=1S/C28H39N3O6/c1-8-19-12-9-10-15-21(19)24(25(33)29-17-23(32)36-7)31(20-13-11-14-20)26(34)22(16-18(2)3)30-27(35)37-28(4,5)6/h1,9-10,12,15,18,20,22,24H,11,13-14,16-17H2,2-7H3,(H,29,33)(H,30,35). The summed E-state index contributed by atoms with van der Waals surface area (Å²) >= 11 is 0. The van der Waals surface area contributed by atoms with Gasteiger partial charge in [-0.2, -0.15) is 0 Å². The van der Waals surface area contributed by atoms with Crippen LogP contribution in [0.25, 0.3) is 0 Å². The number of alkyl carbamates (subject to hydrolysis) is 1. The lowest BCUT2D eigenvalue weighted by molar-refractivity contribution is -0.148. The number of ether oxygens (including phenoxy) is 2. The molecule has 2 rings (SSSR count). The molecule has 1 aromatic carbocycles. The van der Waals surface area contributed by atoms with Crippen molar-refractivity contribution in [2.45, 2.75) is 84.0 Å². The predicted molar refractivity (Wildman–Crippen MR) is 139 cm³/mol. The number of esters is 1. The van der Waals surface area contributed by atoms with Crippen molar-refractivity contribution in [2.24, 2.45) is 5.92 Å². The molecule has 2 unspecified atom stereocenters. The van der Waals surface area contributed by atoms with E-state index in [1.807, 2.05) is 13.8 Å². The van der Waals surface area contributed by atoms with Gasteiger partial charge in [0, 0.05) is 11.6 Å². The highest BCUT2D eigenvalue weighted by molar-refractivity contribution is 5.94. The molecule has 2 atom stereocenters. The molecular formula is C28H39N3O6. The molecular weight excluding hydrogens is 474 g/mol. The van der Waals surface area contributed by atoms with Gasteiger partial charge in [0.15, 0.2) is 0 Å². The highest BCUT2D eigenvalue weighted by atomic mass is 16.6. The summed E-state index contributed by atoms with van der Waals surface area (Å²) in [4.78, 5) is 53.7. The minimum atomic E-state index is -1.11. The van der Waals surface area contributed by atoms with Gasteiger partial charge in [0.25, 0.3) is 0 Å². The molecule has 9 nitrogen and oxygen atoms in total. The van der Waals surface area contributed by atoms with E-state index in [2.05, 4.69) is 21.3 Å². The molecule has 1 aromatic rings. The number of hydrogen-bond donors (Lipinski definition) is 2. The predicted octanol–water partition coefficient (Wildman–Crippen LogP) is 3.32. The van der Waals surface area contributed by atoms with Crippen LogP contribution < -0.4 is 10.6 Å². The van der Waals surface area contributed by atoms with Crippen molar-refractivity contribution in [3.63, 3.8) is 0 Å². The Bertz CT molecular complexity index is 1020. The van der Waals surface area contributed by atoms with E-state index in [-0.39, 0.29) is 18.5 Å². The molecule has 0 aromatic heterocycles. The van der Waals surface area contributed by atoms with E-state index in [1.165, 1.54) is 12.0 Å². The Morgan fingerprint density at radius 2 is 1.81 bits per heavy atom. The van der Waals surface area contributed by atoms with Crippen LogP contribution in [0, 0.1) is 18.3 Å². The molecule has 202 valence electrons. The number of rotatable bonds is 10. The van der Waals surface area contributed by atoms with Gasteiger partial charge >= 0.3 is 12.1 Å². The number of carbonyl (C=O) groups excluding carboxylic acids is 4. The number of methoxy groups -OCH3 is 1. The lowest BCUT2D eigenvalue weighted by Crippen LogP contribution is -2.58. The van der Waals surface area contributed by atoms with E-state index < -0.39 is 41.6 Å². The monoisotopic (exact) mass is 513 g/mol. The van der Waals surface area contributed by atoms with Gasteiger partial charge in [-0.15, -0.1) is 6.42 Å². The van der Waals surface area contributed by atoms with Gasteiger partial charge in [-0.05, 0) is 64.0 Å². The molecule has 0 heterocycles. The van der Waals surface area contributed by atoms with Gasteiger partial charge < -0.3 is 25.0 Å². The van der Waals surface area contributed by atoms with Crippen molar-refractivity contribution >= 4 is 23.9 Å². The summed E-state index contributed by atoms with van der Waals surface area (Å²) < 4.78 is 10.1. The maximum absolute atomic E-state index is 14.2. The van der Waals surface area contributed by atoms with Crippen LogP contribution >= 0.6 is 0 Å². The van der Waals surface area contributed by atoms with Crippen molar-refractivity contribution < 1.29 is 28.7 Å². The maximum Gasteiger partial charge on any atom is 0.408 e. The average molecular weight is 514 g/mol. The molecule has 1 fully saturated rings. The maximum atomic E-state index is 14.2. The molecule has 1 aliphatic carbocycles. The zero-order chi connectivity index (χ0) is 27.8. The Labute approximate surface area is 219 Å². The highest BCUT2D eigenvalue weighted by Crippen LogP contribution is 2.35. The summed E-state index contributed by atoms with van der Waals surface area (Å²) in [6.45, 7) is 8.75. The molecule has 0 radical (unpaired) electrons. The van der Waals surface area contributed by atoms with Crippen molar-refractivity contribution in [1.29, 1.82) is 0 Å². The minimum absolute atomic E-state index is 0.0664.